The number of fused-ring (bicyclic) bond motifs is 3. The fraction of sp³-hybridized carbons (Fsp3) is 0.235. The van der Waals surface area contributed by atoms with E-state index in [1.165, 1.54) is 16.0 Å². The maximum absolute atomic E-state index is 13.0. The van der Waals surface area contributed by atoms with Crippen LogP contribution in [0.1, 0.15) is 21.4 Å². The van der Waals surface area contributed by atoms with Gasteiger partial charge in [0, 0.05) is 36.1 Å². The van der Waals surface area contributed by atoms with Gasteiger partial charge < -0.3 is 4.57 Å². The lowest BCUT2D eigenvalue weighted by atomic mass is 10.3. The molecule has 0 amide bonds. The normalized spacial score (nSPS) is 11.8. The van der Waals surface area contributed by atoms with Crippen LogP contribution in [0.5, 0.6) is 0 Å². The summed E-state index contributed by atoms with van der Waals surface area (Å²) in [5, 5.41) is 16.0. The van der Waals surface area contributed by atoms with Crippen molar-refractivity contribution < 1.29 is 0 Å². The highest BCUT2D eigenvalue weighted by molar-refractivity contribution is 7.19. The molecule has 0 bridgehead atoms. The third-order valence-corrected chi connectivity index (χ3v) is 6.44. The minimum absolute atomic E-state index is 0.123. The lowest BCUT2D eigenvalue weighted by Crippen LogP contribution is -2.24. The number of thiazole rings is 2. The molecule has 8 nitrogen and oxygen atoms in total. The highest BCUT2D eigenvalue weighted by Gasteiger charge is 2.19. The summed E-state index contributed by atoms with van der Waals surface area (Å²) in [4.78, 5) is 22.1. The quantitative estimate of drug-likeness (QED) is 0.503. The summed E-state index contributed by atoms with van der Waals surface area (Å²) in [6, 6.07) is 1.94. The molecule has 0 radical (unpaired) electrons. The Balaban J connectivity index is 1.60. The Hall–Kier alpha value is -2.85. The molecule has 5 rings (SSSR count). The van der Waals surface area contributed by atoms with Crippen molar-refractivity contribution in [3.05, 3.63) is 55.6 Å². The largest absolute Gasteiger partial charge is 0.323 e. The molecule has 5 aromatic heterocycles. The van der Waals surface area contributed by atoms with Gasteiger partial charge in [-0.25, -0.2) is 14.6 Å². The Labute approximate surface area is 161 Å². The molecule has 27 heavy (non-hydrogen) atoms. The molecule has 0 aliphatic carbocycles. The predicted octanol–water partition coefficient (Wildman–Crippen LogP) is 2.47. The van der Waals surface area contributed by atoms with E-state index in [0.29, 0.717) is 18.5 Å². The zero-order valence-corrected chi connectivity index (χ0v) is 16.3. The average Bonchev–Trinajstić information content (AvgIpc) is 3.40. The van der Waals surface area contributed by atoms with Crippen molar-refractivity contribution in [3.8, 4) is 0 Å². The minimum Gasteiger partial charge on any atom is -0.323 e. The first kappa shape index (κ1) is 16.3. The van der Waals surface area contributed by atoms with Crippen molar-refractivity contribution >= 4 is 43.9 Å². The SMILES string of the molecule is Cc1csc(Cn2ncc3c4sc(Cc5cc[nH]n5)nc4n(C)c3c2=O)n1. The molecule has 0 aliphatic heterocycles. The maximum Gasteiger partial charge on any atom is 0.291 e. The van der Waals surface area contributed by atoms with E-state index in [9.17, 15) is 4.79 Å². The van der Waals surface area contributed by atoms with Crippen molar-refractivity contribution in [1.29, 1.82) is 0 Å². The molecular formula is C17H15N7OS2. The predicted molar refractivity (Wildman–Crippen MR) is 105 cm³/mol. The number of rotatable bonds is 4. The molecule has 1 N–H and O–H groups in total. The second-order valence-electron chi connectivity index (χ2n) is 6.31. The molecule has 10 heteroatoms. The van der Waals surface area contributed by atoms with E-state index in [2.05, 4.69) is 20.3 Å². The number of nitrogens with one attached hydrogen (secondary N) is 1. The minimum atomic E-state index is -0.123. The van der Waals surface area contributed by atoms with Crippen molar-refractivity contribution in [3.63, 3.8) is 0 Å². The molecule has 0 saturated carbocycles. The van der Waals surface area contributed by atoms with Crippen LogP contribution in [-0.4, -0.2) is 34.5 Å². The van der Waals surface area contributed by atoms with E-state index in [1.54, 1.807) is 23.7 Å². The van der Waals surface area contributed by atoms with Crippen LogP contribution < -0.4 is 5.56 Å². The van der Waals surface area contributed by atoms with Crippen LogP contribution in [0, 0.1) is 6.92 Å². The number of hydrogen-bond acceptors (Lipinski definition) is 7. The van der Waals surface area contributed by atoms with E-state index in [4.69, 9.17) is 4.98 Å². The van der Waals surface area contributed by atoms with Crippen LogP contribution in [0.15, 0.2) is 28.6 Å². The lowest BCUT2D eigenvalue weighted by Gasteiger charge is -2.03. The van der Waals surface area contributed by atoms with Crippen molar-refractivity contribution in [1.82, 2.24) is 34.5 Å². The van der Waals surface area contributed by atoms with E-state index in [0.717, 1.165) is 37.1 Å². The average molecular weight is 397 g/mol. The number of aromatic nitrogens is 7. The first-order chi connectivity index (χ1) is 13.1. The lowest BCUT2D eigenvalue weighted by molar-refractivity contribution is 0.640. The Bertz CT molecular complexity index is 1320. The highest BCUT2D eigenvalue weighted by Crippen LogP contribution is 2.31. The number of aryl methyl sites for hydroxylation is 2. The van der Waals surface area contributed by atoms with Gasteiger partial charge in [-0.15, -0.1) is 22.7 Å². The molecule has 0 saturated heterocycles. The fourth-order valence-corrected chi connectivity index (χ4v) is 5.04. The van der Waals surface area contributed by atoms with E-state index >= 15 is 0 Å². The number of nitrogens with zero attached hydrogens (tertiary/aromatic N) is 6. The third kappa shape index (κ3) is 2.68. The molecule has 136 valence electrons. The first-order valence-electron chi connectivity index (χ1n) is 8.33. The highest BCUT2D eigenvalue weighted by atomic mass is 32.1. The molecule has 0 atom stereocenters. The molecule has 0 aliphatic rings. The fourth-order valence-electron chi connectivity index (χ4n) is 3.17. The zero-order valence-electron chi connectivity index (χ0n) is 14.6. The van der Waals surface area contributed by atoms with Crippen molar-refractivity contribution in [2.24, 2.45) is 7.05 Å². The molecular weight excluding hydrogens is 382 g/mol. The van der Waals surface area contributed by atoms with E-state index < -0.39 is 0 Å². The van der Waals surface area contributed by atoms with E-state index in [1.807, 2.05) is 30.0 Å². The van der Waals surface area contributed by atoms with Crippen molar-refractivity contribution in [2.75, 3.05) is 0 Å². The van der Waals surface area contributed by atoms with Crippen LogP contribution in [0.4, 0.5) is 0 Å². The molecule has 0 fully saturated rings. The smallest absolute Gasteiger partial charge is 0.291 e. The summed E-state index contributed by atoms with van der Waals surface area (Å²) in [6.45, 7) is 2.32. The van der Waals surface area contributed by atoms with Crippen LogP contribution in [0.2, 0.25) is 0 Å². The van der Waals surface area contributed by atoms with Gasteiger partial charge in [0.25, 0.3) is 5.56 Å². The molecule has 5 heterocycles. The second-order valence-corrected chi connectivity index (χ2v) is 8.34. The van der Waals surface area contributed by atoms with Gasteiger partial charge in [0.15, 0.2) is 5.65 Å². The van der Waals surface area contributed by atoms with Gasteiger partial charge in [0.2, 0.25) is 0 Å². The van der Waals surface area contributed by atoms with Crippen LogP contribution in [0.3, 0.4) is 0 Å². The number of aromatic amines is 1. The first-order valence-corrected chi connectivity index (χ1v) is 10.0. The number of H-pyrrole nitrogens is 1. The Kier molecular flexibility index (Phi) is 3.69. The van der Waals surface area contributed by atoms with Crippen LogP contribution >= 0.6 is 22.7 Å². The summed E-state index contributed by atoms with van der Waals surface area (Å²) in [5.74, 6) is 0. The van der Waals surface area contributed by atoms with E-state index in [-0.39, 0.29) is 5.56 Å². The van der Waals surface area contributed by atoms with Gasteiger partial charge in [0.1, 0.15) is 15.5 Å². The number of hydrogen-bond donors (Lipinski definition) is 1. The monoisotopic (exact) mass is 397 g/mol. The maximum atomic E-state index is 13.0. The van der Waals surface area contributed by atoms with Gasteiger partial charge in [-0.05, 0) is 13.0 Å². The molecule has 5 aromatic rings. The molecule has 0 spiro atoms. The van der Waals surface area contributed by atoms with Crippen LogP contribution in [-0.2, 0) is 20.0 Å². The summed E-state index contributed by atoms with van der Waals surface area (Å²) >= 11 is 3.12. The van der Waals surface area contributed by atoms with Gasteiger partial charge >= 0.3 is 0 Å². The van der Waals surface area contributed by atoms with Crippen LogP contribution in [0.25, 0.3) is 21.3 Å². The summed E-state index contributed by atoms with van der Waals surface area (Å²) in [7, 11) is 1.88. The van der Waals surface area contributed by atoms with Gasteiger partial charge in [0.05, 0.1) is 23.1 Å². The molecule has 0 aromatic carbocycles. The Morgan fingerprint density at radius 1 is 1.26 bits per heavy atom. The summed E-state index contributed by atoms with van der Waals surface area (Å²) in [6.07, 6.45) is 4.22. The van der Waals surface area contributed by atoms with Crippen molar-refractivity contribution in [2.45, 2.75) is 19.9 Å². The Morgan fingerprint density at radius 2 is 2.15 bits per heavy atom. The van der Waals surface area contributed by atoms with Gasteiger partial charge in [-0.3, -0.25) is 9.89 Å². The third-order valence-electron chi connectivity index (χ3n) is 4.41. The second kappa shape index (κ2) is 6.10. The summed E-state index contributed by atoms with van der Waals surface area (Å²) in [5.41, 5.74) is 3.21. The van der Waals surface area contributed by atoms with Gasteiger partial charge in [-0.1, -0.05) is 0 Å². The zero-order chi connectivity index (χ0) is 18.5. The molecule has 0 unspecified atom stereocenters. The van der Waals surface area contributed by atoms with Gasteiger partial charge in [-0.2, -0.15) is 10.2 Å². The topological polar surface area (TPSA) is 94.3 Å². The standard InChI is InChI=1S/C17H15N7OS2/c1-9-8-26-13(20-9)7-24-17(25)14-11(6-19-24)15-16(23(14)2)21-12(27-15)5-10-3-4-18-22-10/h3-4,6,8H,5,7H2,1-2H3,(H,18,22). The summed E-state index contributed by atoms with van der Waals surface area (Å²) < 4.78 is 4.32. The Morgan fingerprint density at radius 3 is 2.89 bits per heavy atom.